The van der Waals surface area contributed by atoms with Crippen LogP contribution < -0.4 is 10.6 Å². The first-order valence-corrected chi connectivity index (χ1v) is 6.65. The molecule has 1 heterocycles. The molecule has 2 N–H and O–H groups in total. The Balaban J connectivity index is 2.21. The van der Waals surface area contributed by atoms with Gasteiger partial charge < -0.3 is 10.6 Å². The van der Waals surface area contributed by atoms with E-state index in [2.05, 4.69) is 35.5 Å². The molecule has 1 amide bonds. The molecule has 0 fully saturated rings. The van der Waals surface area contributed by atoms with Gasteiger partial charge in [-0.2, -0.15) is 0 Å². The minimum absolute atomic E-state index is 0.141. The third-order valence-corrected chi connectivity index (χ3v) is 3.15. The van der Waals surface area contributed by atoms with Gasteiger partial charge in [0, 0.05) is 18.9 Å². The quantitative estimate of drug-likeness (QED) is 0.893. The van der Waals surface area contributed by atoms with Crippen LogP contribution in [0, 0.1) is 0 Å². The standard InChI is InChI=1S/C16H19N3O/c1-11(2)12-5-4-6-13(9-12)19-16(20)14-7-8-18-10-15(14)17-3/h4-11,17H,1-3H3,(H,19,20). The lowest BCUT2D eigenvalue weighted by atomic mass is 10.0. The highest BCUT2D eigenvalue weighted by molar-refractivity contribution is 6.07. The number of carbonyl (C=O) groups excluding carboxylic acids is 1. The molecule has 2 rings (SSSR count). The minimum atomic E-state index is -0.141. The monoisotopic (exact) mass is 269 g/mol. The summed E-state index contributed by atoms with van der Waals surface area (Å²) in [6.07, 6.45) is 3.25. The molecule has 0 unspecified atom stereocenters. The number of aromatic nitrogens is 1. The maximum Gasteiger partial charge on any atom is 0.257 e. The van der Waals surface area contributed by atoms with E-state index in [-0.39, 0.29) is 5.91 Å². The van der Waals surface area contributed by atoms with E-state index in [4.69, 9.17) is 0 Å². The lowest BCUT2D eigenvalue weighted by Gasteiger charge is -2.11. The molecule has 104 valence electrons. The third kappa shape index (κ3) is 3.15. The Bertz CT molecular complexity index is 608. The van der Waals surface area contributed by atoms with Gasteiger partial charge in [-0.3, -0.25) is 9.78 Å². The molecule has 0 spiro atoms. The van der Waals surface area contributed by atoms with E-state index in [9.17, 15) is 4.79 Å². The van der Waals surface area contributed by atoms with Gasteiger partial charge >= 0.3 is 0 Å². The maximum atomic E-state index is 12.3. The number of pyridine rings is 1. The number of carbonyl (C=O) groups is 1. The van der Waals surface area contributed by atoms with Crippen molar-refractivity contribution in [3.05, 3.63) is 53.9 Å². The molecule has 0 saturated heterocycles. The van der Waals surface area contributed by atoms with Gasteiger partial charge in [-0.15, -0.1) is 0 Å². The summed E-state index contributed by atoms with van der Waals surface area (Å²) >= 11 is 0. The number of amides is 1. The summed E-state index contributed by atoms with van der Waals surface area (Å²) < 4.78 is 0. The second-order valence-corrected chi connectivity index (χ2v) is 4.91. The first kappa shape index (κ1) is 14.1. The van der Waals surface area contributed by atoms with Gasteiger partial charge in [0.25, 0.3) is 5.91 Å². The second kappa shape index (κ2) is 6.19. The van der Waals surface area contributed by atoms with E-state index in [1.165, 1.54) is 5.56 Å². The number of nitrogens with one attached hydrogen (secondary N) is 2. The fraction of sp³-hybridized carbons (Fsp3) is 0.250. The Labute approximate surface area is 119 Å². The van der Waals surface area contributed by atoms with Crippen LogP contribution >= 0.6 is 0 Å². The average molecular weight is 269 g/mol. The number of hydrogen-bond donors (Lipinski definition) is 2. The lowest BCUT2D eigenvalue weighted by molar-refractivity contribution is 0.102. The van der Waals surface area contributed by atoms with Crippen LogP contribution in [0.15, 0.2) is 42.7 Å². The number of benzene rings is 1. The van der Waals surface area contributed by atoms with E-state index in [1.807, 2.05) is 18.2 Å². The molecule has 0 aliphatic rings. The van der Waals surface area contributed by atoms with E-state index < -0.39 is 0 Å². The van der Waals surface area contributed by atoms with Gasteiger partial charge in [0.05, 0.1) is 17.4 Å². The fourth-order valence-electron chi connectivity index (χ4n) is 1.97. The van der Waals surface area contributed by atoms with Gasteiger partial charge in [-0.1, -0.05) is 26.0 Å². The lowest BCUT2D eigenvalue weighted by Crippen LogP contribution is -2.14. The predicted molar refractivity (Wildman–Crippen MR) is 82.3 cm³/mol. The average Bonchev–Trinajstić information content (AvgIpc) is 2.47. The van der Waals surface area contributed by atoms with Crippen molar-refractivity contribution in [3.63, 3.8) is 0 Å². The largest absolute Gasteiger partial charge is 0.386 e. The Morgan fingerprint density at radius 3 is 2.75 bits per heavy atom. The Kier molecular flexibility index (Phi) is 4.35. The van der Waals surface area contributed by atoms with E-state index in [0.717, 1.165) is 5.69 Å². The zero-order valence-electron chi connectivity index (χ0n) is 12.0. The smallest absolute Gasteiger partial charge is 0.257 e. The highest BCUT2D eigenvalue weighted by atomic mass is 16.1. The molecule has 2 aromatic rings. The molecular weight excluding hydrogens is 250 g/mol. The van der Waals surface area contributed by atoms with Crippen molar-refractivity contribution in [2.24, 2.45) is 0 Å². The Hall–Kier alpha value is -2.36. The van der Waals surface area contributed by atoms with Crippen molar-refractivity contribution in [1.82, 2.24) is 4.98 Å². The molecule has 1 aromatic carbocycles. The minimum Gasteiger partial charge on any atom is -0.386 e. The van der Waals surface area contributed by atoms with Crippen LogP contribution in [0.3, 0.4) is 0 Å². The first-order valence-electron chi connectivity index (χ1n) is 6.65. The summed E-state index contributed by atoms with van der Waals surface area (Å²) in [6.45, 7) is 4.26. The molecule has 4 heteroatoms. The van der Waals surface area contributed by atoms with Crippen molar-refractivity contribution >= 4 is 17.3 Å². The number of hydrogen-bond acceptors (Lipinski definition) is 3. The third-order valence-electron chi connectivity index (χ3n) is 3.15. The van der Waals surface area contributed by atoms with Gasteiger partial charge in [0.2, 0.25) is 0 Å². The summed E-state index contributed by atoms with van der Waals surface area (Å²) in [5.74, 6) is 0.290. The normalized spacial score (nSPS) is 10.4. The summed E-state index contributed by atoms with van der Waals surface area (Å²) in [7, 11) is 1.77. The molecule has 0 saturated carbocycles. The zero-order chi connectivity index (χ0) is 14.5. The molecular formula is C16H19N3O. The fourth-order valence-corrected chi connectivity index (χ4v) is 1.97. The molecule has 0 atom stereocenters. The van der Waals surface area contributed by atoms with Crippen molar-refractivity contribution in [2.75, 3.05) is 17.7 Å². The van der Waals surface area contributed by atoms with Crippen LogP contribution in [0.5, 0.6) is 0 Å². The van der Waals surface area contributed by atoms with Crippen LogP contribution in [0.1, 0.15) is 35.7 Å². The maximum absolute atomic E-state index is 12.3. The summed E-state index contributed by atoms with van der Waals surface area (Å²) in [5.41, 5.74) is 3.30. The zero-order valence-corrected chi connectivity index (χ0v) is 12.0. The van der Waals surface area contributed by atoms with Crippen LogP contribution in [-0.4, -0.2) is 17.9 Å². The van der Waals surface area contributed by atoms with E-state index in [1.54, 1.807) is 25.5 Å². The highest BCUT2D eigenvalue weighted by Gasteiger charge is 2.11. The molecule has 4 nitrogen and oxygen atoms in total. The van der Waals surface area contributed by atoms with E-state index >= 15 is 0 Å². The van der Waals surface area contributed by atoms with Crippen LogP contribution in [0.4, 0.5) is 11.4 Å². The first-order chi connectivity index (χ1) is 9.61. The van der Waals surface area contributed by atoms with E-state index in [0.29, 0.717) is 17.2 Å². The predicted octanol–water partition coefficient (Wildman–Crippen LogP) is 3.50. The molecule has 0 aliphatic carbocycles. The highest BCUT2D eigenvalue weighted by Crippen LogP contribution is 2.20. The SMILES string of the molecule is CNc1cnccc1C(=O)Nc1cccc(C(C)C)c1. The van der Waals surface area contributed by atoms with Crippen LogP contribution in [0.2, 0.25) is 0 Å². The Morgan fingerprint density at radius 2 is 2.05 bits per heavy atom. The molecule has 1 aromatic heterocycles. The number of rotatable bonds is 4. The topological polar surface area (TPSA) is 54.0 Å². The summed E-state index contributed by atoms with van der Waals surface area (Å²) in [6, 6.07) is 9.61. The molecule has 0 bridgehead atoms. The molecule has 0 radical (unpaired) electrons. The summed E-state index contributed by atoms with van der Waals surface area (Å²) in [5, 5.41) is 5.89. The van der Waals surface area contributed by atoms with Crippen molar-refractivity contribution in [3.8, 4) is 0 Å². The second-order valence-electron chi connectivity index (χ2n) is 4.91. The van der Waals surface area contributed by atoms with Gasteiger partial charge in [-0.25, -0.2) is 0 Å². The summed E-state index contributed by atoms with van der Waals surface area (Å²) in [4.78, 5) is 16.3. The van der Waals surface area contributed by atoms with Crippen LogP contribution in [0.25, 0.3) is 0 Å². The van der Waals surface area contributed by atoms with Crippen LogP contribution in [-0.2, 0) is 0 Å². The van der Waals surface area contributed by atoms with Crippen molar-refractivity contribution in [1.29, 1.82) is 0 Å². The number of nitrogens with zero attached hydrogens (tertiary/aromatic N) is 1. The van der Waals surface area contributed by atoms with Gasteiger partial charge in [0.15, 0.2) is 0 Å². The number of anilines is 2. The molecule has 0 aliphatic heterocycles. The van der Waals surface area contributed by atoms with Gasteiger partial charge in [-0.05, 0) is 29.7 Å². The van der Waals surface area contributed by atoms with Crippen molar-refractivity contribution < 1.29 is 4.79 Å². The molecule has 20 heavy (non-hydrogen) atoms. The Morgan fingerprint density at radius 1 is 1.25 bits per heavy atom. The van der Waals surface area contributed by atoms with Crippen molar-refractivity contribution in [2.45, 2.75) is 19.8 Å². The van der Waals surface area contributed by atoms with Gasteiger partial charge in [0.1, 0.15) is 0 Å².